The van der Waals surface area contributed by atoms with Crippen molar-refractivity contribution in [1.29, 1.82) is 0 Å². The third-order valence-corrected chi connectivity index (χ3v) is 4.45. The topological polar surface area (TPSA) is 18.5 Å². The van der Waals surface area contributed by atoms with Crippen LogP contribution in [0.25, 0.3) is 0 Å². The van der Waals surface area contributed by atoms with Crippen LogP contribution in [0, 0.1) is 5.92 Å². The molecule has 0 spiro atoms. The monoisotopic (exact) mass is 239 g/mol. The summed E-state index contributed by atoms with van der Waals surface area (Å²) in [5, 5.41) is 3.49. The van der Waals surface area contributed by atoms with E-state index in [0.717, 1.165) is 18.5 Å². The van der Waals surface area contributed by atoms with Crippen molar-refractivity contribution in [3.05, 3.63) is 0 Å². The molecule has 100 valence electrons. The van der Waals surface area contributed by atoms with Gasteiger partial charge in [0.2, 0.25) is 0 Å². The highest BCUT2D eigenvalue weighted by molar-refractivity contribution is 4.83. The van der Waals surface area contributed by atoms with Gasteiger partial charge in [0.1, 0.15) is 0 Å². The molecule has 2 aliphatic rings. The number of piperidine rings is 2. The third-order valence-electron chi connectivity index (χ3n) is 4.45. The first-order valence-corrected chi connectivity index (χ1v) is 7.43. The standard InChI is InChI=1S/C14H29N3/c1-3-15-11-13-6-9-17(10-7-13)14-5-4-8-16(2)12-14/h13-15H,3-12H2,1-2H3. The number of hydrogen-bond donors (Lipinski definition) is 1. The van der Waals surface area contributed by atoms with Gasteiger partial charge in [0.15, 0.2) is 0 Å². The molecule has 0 amide bonds. The van der Waals surface area contributed by atoms with E-state index in [-0.39, 0.29) is 0 Å². The summed E-state index contributed by atoms with van der Waals surface area (Å²) < 4.78 is 0. The Kier molecular flexibility index (Phi) is 5.26. The Morgan fingerprint density at radius 1 is 1.12 bits per heavy atom. The van der Waals surface area contributed by atoms with Crippen molar-refractivity contribution in [3.63, 3.8) is 0 Å². The second kappa shape index (κ2) is 6.72. The molecule has 1 N–H and O–H groups in total. The predicted molar refractivity (Wildman–Crippen MR) is 73.4 cm³/mol. The molecule has 2 fully saturated rings. The molecule has 1 atom stereocenters. The highest BCUT2D eigenvalue weighted by Gasteiger charge is 2.27. The molecule has 2 heterocycles. The fraction of sp³-hybridized carbons (Fsp3) is 1.00. The maximum Gasteiger partial charge on any atom is 0.0223 e. The van der Waals surface area contributed by atoms with Gasteiger partial charge in [-0.3, -0.25) is 4.90 Å². The minimum absolute atomic E-state index is 0.842. The van der Waals surface area contributed by atoms with Gasteiger partial charge in [0.25, 0.3) is 0 Å². The summed E-state index contributed by atoms with van der Waals surface area (Å²) in [5.74, 6) is 0.924. The number of nitrogens with zero attached hydrogens (tertiary/aromatic N) is 2. The highest BCUT2D eigenvalue weighted by atomic mass is 15.2. The summed E-state index contributed by atoms with van der Waals surface area (Å²) in [4.78, 5) is 5.25. The second-order valence-electron chi connectivity index (χ2n) is 5.85. The smallest absolute Gasteiger partial charge is 0.0223 e. The quantitative estimate of drug-likeness (QED) is 0.800. The van der Waals surface area contributed by atoms with E-state index in [9.17, 15) is 0 Å². The largest absolute Gasteiger partial charge is 0.317 e. The van der Waals surface area contributed by atoms with Crippen molar-refractivity contribution in [2.24, 2.45) is 5.92 Å². The number of rotatable bonds is 4. The minimum Gasteiger partial charge on any atom is -0.317 e. The fourth-order valence-electron chi connectivity index (χ4n) is 3.31. The van der Waals surface area contributed by atoms with Crippen molar-refractivity contribution >= 4 is 0 Å². The number of hydrogen-bond acceptors (Lipinski definition) is 3. The molecular formula is C14H29N3. The molecule has 1 unspecified atom stereocenters. The SMILES string of the molecule is CCNCC1CCN(C2CCCN(C)C2)CC1. The van der Waals surface area contributed by atoms with Crippen LogP contribution in [0.1, 0.15) is 32.6 Å². The Bertz CT molecular complexity index is 212. The molecule has 0 bridgehead atoms. The zero-order valence-electron chi connectivity index (χ0n) is 11.6. The van der Waals surface area contributed by atoms with Crippen LogP contribution < -0.4 is 5.32 Å². The van der Waals surface area contributed by atoms with E-state index in [4.69, 9.17) is 0 Å². The van der Waals surface area contributed by atoms with Crippen LogP contribution in [0.3, 0.4) is 0 Å². The van der Waals surface area contributed by atoms with E-state index < -0.39 is 0 Å². The average molecular weight is 239 g/mol. The van der Waals surface area contributed by atoms with Crippen molar-refractivity contribution in [1.82, 2.24) is 15.1 Å². The van der Waals surface area contributed by atoms with Crippen LogP contribution >= 0.6 is 0 Å². The van der Waals surface area contributed by atoms with Gasteiger partial charge >= 0.3 is 0 Å². The zero-order chi connectivity index (χ0) is 12.1. The molecule has 3 heteroatoms. The molecule has 2 aliphatic heterocycles. The van der Waals surface area contributed by atoms with Gasteiger partial charge in [-0.25, -0.2) is 0 Å². The molecule has 3 nitrogen and oxygen atoms in total. The average Bonchev–Trinajstić information content (AvgIpc) is 2.37. The lowest BCUT2D eigenvalue weighted by molar-refractivity contribution is 0.0787. The van der Waals surface area contributed by atoms with Gasteiger partial charge in [0.05, 0.1) is 0 Å². The van der Waals surface area contributed by atoms with E-state index in [2.05, 4.69) is 29.1 Å². The Balaban J connectivity index is 1.71. The Morgan fingerprint density at radius 3 is 2.53 bits per heavy atom. The first-order valence-electron chi connectivity index (χ1n) is 7.43. The van der Waals surface area contributed by atoms with Gasteiger partial charge in [-0.2, -0.15) is 0 Å². The molecule has 17 heavy (non-hydrogen) atoms. The maximum atomic E-state index is 3.49. The fourth-order valence-corrected chi connectivity index (χ4v) is 3.31. The lowest BCUT2D eigenvalue weighted by Crippen LogP contribution is -2.50. The van der Waals surface area contributed by atoms with Crippen molar-refractivity contribution in [2.75, 3.05) is 46.3 Å². The van der Waals surface area contributed by atoms with Crippen LogP contribution in [-0.4, -0.2) is 62.2 Å². The summed E-state index contributed by atoms with van der Waals surface area (Å²) in [6, 6.07) is 0.842. The van der Waals surface area contributed by atoms with E-state index in [0.29, 0.717) is 0 Å². The van der Waals surface area contributed by atoms with Crippen LogP contribution in [-0.2, 0) is 0 Å². The Morgan fingerprint density at radius 2 is 1.88 bits per heavy atom. The summed E-state index contributed by atoms with van der Waals surface area (Å²) in [6.07, 6.45) is 5.60. The molecular weight excluding hydrogens is 210 g/mol. The molecule has 2 rings (SSSR count). The first kappa shape index (κ1) is 13.3. The van der Waals surface area contributed by atoms with Crippen molar-refractivity contribution in [2.45, 2.75) is 38.6 Å². The summed E-state index contributed by atoms with van der Waals surface area (Å²) in [7, 11) is 2.27. The number of likely N-dealkylation sites (tertiary alicyclic amines) is 2. The molecule has 0 aromatic heterocycles. The Labute approximate surface area is 107 Å². The summed E-state index contributed by atoms with van der Waals surface area (Å²) >= 11 is 0. The molecule has 0 aromatic carbocycles. The predicted octanol–water partition coefficient (Wildman–Crippen LogP) is 1.40. The lowest BCUT2D eigenvalue weighted by Gasteiger charge is -2.41. The van der Waals surface area contributed by atoms with Crippen LogP contribution in [0.2, 0.25) is 0 Å². The highest BCUT2D eigenvalue weighted by Crippen LogP contribution is 2.22. The molecule has 0 aromatic rings. The summed E-state index contributed by atoms with van der Waals surface area (Å²) in [6.45, 7) is 9.80. The molecule has 0 saturated carbocycles. The lowest BCUT2D eigenvalue weighted by atomic mass is 9.94. The van der Waals surface area contributed by atoms with Gasteiger partial charge in [-0.1, -0.05) is 6.92 Å². The molecule has 2 saturated heterocycles. The number of likely N-dealkylation sites (N-methyl/N-ethyl adjacent to an activating group) is 1. The van der Waals surface area contributed by atoms with Crippen LogP contribution in [0.15, 0.2) is 0 Å². The first-order chi connectivity index (χ1) is 8.29. The van der Waals surface area contributed by atoms with Crippen LogP contribution in [0.5, 0.6) is 0 Å². The van der Waals surface area contributed by atoms with E-state index in [1.807, 2.05) is 0 Å². The van der Waals surface area contributed by atoms with Gasteiger partial charge in [0, 0.05) is 12.6 Å². The number of nitrogens with one attached hydrogen (secondary N) is 1. The van der Waals surface area contributed by atoms with E-state index >= 15 is 0 Å². The maximum absolute atomic E-state index is 3.49. The van der Waals surface area contributed by atoms with E-state index in [1.54, 1.807) is 0 Å². The van der Waals surface area contributed by atoms with Crippen molar-refractivity contribution in [3.8, 4) is 0 Å². The van der Waals surface area contributed by atoms with Gasteiger partial charge < -0.3 is 10.2 Å². The normalized spacial score (nSPS) is 29.6. The van der Waals surface area contributed by atoms with E-state index in [1.165, 1.54) is 58.4 Å². The van der Waals surface area contributed by atoms with Gasteiger partial charge in [-0.15, -0.1) is 0 Å². The summed E-state index contributed by atoms with van der Waals surface area (Å²) in [5.41, 5.74) is 0. The molecule has 0 aliphatic carbocycles. The minimum atomic E-state index is 0.842. The van der Waals surface area contributed by atoms with Crippen LogP contribution in [0.4, 0.5) is 0 Å². The second-order valence-corrected chi connectivity index (χ2v) is 5.85. The third kappa shape index (κ3) is 3.94. The molecule has 0 radical (unpaired) electrons. The zero-order valence-corrected chi connectivity index (χ0v) is 11.6. The van der Waals surface area contributed by atoms with Gasteiger partial charge in [-0.05, 0) is 71.4 Å². The Hall–Kier alpha value is -0.120. The van der Waals surface area contributed by atoms with Crippen molar-refractivity contribution < 1.29 is 0 Å².